The molecule has 0 unspecified atom stereocenters. The van der Waals surface area contributed by atoms with Crippen LogP contribution in [0.4, 0.5) is 5.69 Å². The van der Waals surface area contributed by atoms with Crippen molar-refractivity contribution in [1.29, 1.82) is 0 Å². The van der Waals surface area contributed by atoms with Gasteiger partial charge >= 0.3 is 5.97 Å². The quantitative estimate of drug-likeness (QED) is 0.816. The molecule has 132 valence electrons. The van der Waals surface area contributed by atoms with Crippen LogP contribution in [0, 0.1) is 6.92 Å². The molecule has 0 bridgehead atoms. The first-order valence-electron chi connectivity index (χ1n) is 7.75. The van der Waals surface area contributed by atoms with Gasteiger partial charge in [-0.15, -0.1) is 0 Å². The molecular formula is C19H21NO5. The minimum Gasteiger partial charge on any atom is -0.497 e. The number of methoxy groups -OCH3 is 2. The van der Waals surface area contributed by atoms with Gasteiger partial charge in [-0.2, -0.15) is 0 Å². The van der Waals surface area contributed by atoms with Gasteiger partial charge in [0.2, 0.25) is 0 Å². The molecule has 6 heteroatoms. The summed E-state index contributed by atoms with van der Waals surface area (Å²) in [6.07, 6.45) is -0.969. The van der Waals surface area contributed by atoms with Crippen molar-refractivity contribution in [3.63, 3.8) is 0 Å². The van der Waals surface area contributed by atoms with Crippen LogP contribution in [-0.4, -0.2) is 32.2 Å². The molecule has 0 saturated heterocycles. The first-order valence-corrected chi connectivity index (χ1v) is 7.75. The molecule has 0 aromatic heterocycles. The fraction of sp³-hybridized carbons (Fsp3) is 0.263. The van der Waals surface area contributed by atoms with Gasteiger partial charge in [-0.3, -0.25) is 4.79 Å². The smallest absolute Gasteiger partial charge is 0.339 e. The molecule has 0 saturated carbocycles. The number of carbonyl (C=O) groups excluding carboxylic acids is 2. The summed E-state index contributed by atoms with van der Waals surface area (Å²) < 4.78 is 15.6. The fourth-order valence-corrected chi connectivity index (χ4v) is 2.23. The third-order valence-corrected chi connectivity index (χ3v) is 3.68. The predicted octanol–water partition coefficient (Wildman–Crippen LogP) is 3.20. The third kappa shape index (κ3) is 4.50. The van der Waals surface area contributed by atoms with E-state index in [-0.39, 0.29) is 0 Å². The maximum Gasteiger partial charge on any atom is 0.339 e. The molecule has 0 aliphatic carbocycles. The Labute approximate surface area is 146 Å². The monoisotopic (exact) mass is 343 g/mol. The summed E-state index contributed by atoms with van der Waals surface area (Å²) in [7, 11) is 3.03. The van der Waals surface area contributed by atoms with E-state index < -0.39 is 18.0 Å². The number of anilines is 1. The van der Waals surface area contributed by atoms with Crippen LogP contribution in [0.15, 0.2) is 42.5 Å². The van der Waals surface area contributed by atoms with E-state index in [4.69, 9.17) is 14.2 Å². The Balaban J connectivity index is 2.08. The van der Waals surface area contributed by atoms with E-state index in [2.05, 4.69) is 5.32 Å². The molecule has 2 aromatic carbocycles. The van der Waals surface area contributed by atoms with Crippen molar-refractivity contribution in [1.82, 2.24) is 0 Å². The summed E-state index contributed by atoms with van der Waals surface area (Å²) in [6.45, 7) is 3.32. The van der Waals surface area contributed by atoms with Crippen LogP contribution in [0.2, 0.25) is 0 Å². The van der Waals surface area contributed by atoms with E-state index in [0.717, 1.165) is 5.56 Å². The minimum absolute atomic E-state index is 0.432. The normalized spacial score (nSPS) is 11.4. The molecule has 1 N–H and O–H groups in total. The van der Waals surface area contributed by atoms with E-state index >= 15 is 0 Å². The SMILES string of the molecule is COc1ccc(OC)c(NC(=O)[C@H](C)OC(=O)c2ccccc2C)c1. The largest absolute Gasteiger partial charge is 0.497 e. The Morgan fingerprint density at radius 2 is 1.76 bits per heavy atom. The molecule has 0 radical (unpaired) electrons. The molecule has 0 spiro atoms. The van der Waals surface area contributed by atoms with Crippen LogP contribution in [0.3, 0.4) is 0 Å². The summed E-state index contributed by atoms with van der Waals surface area (Å²) in [5, 5.41) is 2.69. The van der Waals surface area contributed by atoms with Crippen molar-refractivity contribution >= 4 is 17.6 Å². The van der Waals surface area contributed by atoms with Gasteiger partial charge in [-0.05, 0) is 37.6 Å². The number of aryl methyl sites for hydroxylation is 1. The molecule has 1 amide bonds. The zero-order valence-electron chi connectivity index (χ0n) is 14.7. The van der Waals surface area contributed by atoms with Crippen molar-refractivity contribution in [2.75, 3.05) is 19.5 Å². The Morgan fingerprint density at radius 1 is 1.04 bits per heavy atom. The lowest BCUT2D eigenvalue weighted by Gasteiger charge is -2.16. The predicted molar refractivity (Wildman–Crippen MR) is 94.2 cm³/mol. The highest BCUT2D eigenvalue weighted by molar-refractivity contribution is 5.98. The van der Waals surface area contributed by atoms with E-state index in [1.807, 2.05) is 19.1 Å². The number of ether oxygens (including phenoxy) is 3. The number of esters is 1. The van der Waals surface area contributed by atoms with Crippen molar-refractivity contribution in [2.24, 2.45) is 0 Å². The first-order chi connectivity index (χ1) is 12.0. The van der Waals surface area contributed by atoms with Crippen LogP contribution in [0.25, 0.3) is 0 Å². The number of amides is 1. The summed E-state index contributed by atoms with van der Waals surface area (Å²) in [4.78, 5) is 24.6. The van der Waals surface area contributed by atoms with Crippen molar-refractivity contribution in [3.05, 3.63) is 53.6 Å². The van der Waals surface area contributed by atoms with Crippen molar-refractivity contribution in [3.8, 4) is 11.5 Å². The summed E-state index contributed by atoms with van der Waals surface area (Å²) in [5.41, 5.74) is 1.65. The number of hydrogen-bond acceptors (Lipinski definition) is 5. The average molecular weight is 343 g/mol. The highest BCUT2D eigenvalue weighted by Crippen LogP contribution is 2.29. The lowest BCUT2D eigenvalue weighted by Crippen LogP contribution is -2.30. The molecule has 2 aromatic rings. The molecule has 0 fully saturated rings. The Kier molecular flexibility index (Phi) is 6.00. The zero-order valence-corrected chi connectivity index (χ0v) is 14.7. The summed E-state index contributed by atoms with van der Waals surface area (Å²) in [5.74, 6) is 0.0408. The van der Waals surface area contributed by atoms with Gasteiger partial charge in [-0.25, -0.2) is 4.79 Å². The lowest BCUT2D eigenvalue weighted by molar-refractivity contribution is -0.123. The van der Waals surface area contributed by atoms with Crippen LogP contribution < -0.4 is 14.8 Å². The maximum absolute atomic E-state index is 12.3. The van der Waals surface area contributed by atoms with Crippen LogP contribution in [0.5, 0.6) is 11.5 Å². The molecule has 1 atom stereocenters. The maximum atomic E-state index is 12.3. The molecule has 2 rings (SSSR count). The molecule has 25 heavy (non-hydrogen) atoms. The second-order valence-electron chi connectivity index (χ2n) is 5.42. The third-order valence-electron chi connectivity index (χ3n) is 3.68. The summed E-state index contributed by atoms with van der Waals surface area (Å²) >= 11 is 0. The molecular weight excluding hydrogens is 322 g/mol. The Morgan fingerprint density at radius 3 is 2.40 bits per heavy atom. The van der Waals surface area contributed by atoms with Crippen LogP contribution >= 0.6 is 0 Å². The topological polar surface area (TPSA) is 73.9 Å². The van der Waals surface area contributed by atoms with E-state index in [1.165, 1.54) is 21.1 Å². The first kappa shape index (κ1) is 18.3. The minimum atomic E-state index is -0.969. The van der Waals surface area contributed by atoms with Gasteiger partial charge in [-0.1, -0.05) is 18.2 Å². The molecule has 0 aliphatic rings. The van der Waals surface area contributed by atoms with E-state index in [9.17, 15) is 9.59 Å². The standard InChI is InChI=1S/C19H21NO5/c1-12-7-5-6-8-15(12)19(22)25-13(2)18(21)20-16-11-14(23-3)9-10-17(16)24-4/h5-11,13H,1-4H3,(H,20,21)/t13-/m0/s1. The molecule has 0 heterocycles. The van der Waals surface area contributed by atoms with E-state index in [0.29, 0.717) is 22.7 Å². The molecule has 0 aliphatic heterocycles. The summed E-state index contributed by atoms with van der Waals surface area (Å²) in [6, 6.07) is 12.1. The number of nitrogens with one attached hydrogen (secondary N) is 1. The van der Waals surface area contributed by atoms with Gasteiger partial charge < -0.3 is 19.5 Å². The second-order valence-corrected chi connectivity index (χ2v) is 5.42. The second kappa shape index (κ2) is 8.19. The highest BCUT2D eigenvalue weighted by Gasteiger charge is 2.21. The van der Waals surface area contributed by atoms with Gasteiger partial charge in [0.15, 0.2) is 6.10 Å². The lowest BCUT2D eigenvalue weighted by atomic mass is 10.1. The number of benzene rings is 2. The van der Waals surface area contributed by atoms with Crippen LogP contribution in [0.1, 0.15) is 22.8 Å². The Bertz CT molecular complexity index is 772. The van der Waals surface area contributed by atoms with Gasteiger partial charge in [0.25, 0.3) is 5.91 Å². The van der Waals surface area contributed by atoms with Gasteiger partial charge in [0.1, 0.15) is 11.5 Å². The van der Waals surface area contributed by atoms with Gasteiger partial charge in [0, 0.05) is 6.07 Å². The van der Waals surface area contributed by atoms with Crippen molar-refractivity contribution < 1.29 is 23.8 Å². The highest BCUT2D eigenvalue weighted by atomic mass is 16.5. The Hall–Kier alpha value is -3.02. The van der Waals surface area contributed by atoms with Crippen LogP contribution in [-0.2, 0) is 9.53 Å². The zero-order chi connectivity index (χ0) is 18.4. The fourth-order valence-electron chi connectivity index (χ4n) is 2.23. The van der Waals surface area contributed by atoms with Gasteiger partial charge in [0.05, 0.1) is 25.5 Å². The number of carbonyl (C=O) groups is 2. The number of hydrogen-bond donors (Lipinski definition) is 1. The van der Waals surface area contributed by atoms with Crippen molar-refractivity contribution in [2.45, 2.75) is 20.0 Å². The molecule has 6 nitrogen and oxygen atoms in total. The average Bonchev–Trinajstić information content (AvgIpc) is 2.61. The number of rotatable bonds is 6. The van der Waals surface area contributed by atoms with E-state index in [1.54, 1.807) is 30.3 Å².